The van der Waals surface area contributed by atoms with Crippen LogP contribution in [-0.4, -0.2) is 32.6 Å². The summed E-state index contributed by atoms with van der Waals surface area (Å²) in [5, 5.41) is 11.3. The lowest BCUT2D eigenvalue weighted by Crippen LogP contribution is -2.31. The van der Waals surface area contributed by atoms with E-state index >= 15 is 0 Å². The molecule has 3 rings (SSSR count). The largest absolute Gasteiger partial charge is 0.306 e. The molecule has 3 heterocycles. The Morgan fingerprint density at radius 3 is 3.25 bits per heavy atom. The van der Waals surface area contributed by atoms with Crippen LogP contribution in [0.4, 0.5) is 4.39 Å². The molecular formula is C10H11FN4S. The molecule has 0 spiro atoms. The molecule has 4 nitrogen and oxygen atoms in total. The highest BCUT2D eigenvalue weighted by Crippen LogP contribution is 2.21. The standard InChI is InChI=1S/C10H11FN4S/c11-7-2-1-4-15-9(7)13-14-10(15)8-6-16-5-3-12-8/h1-2,4,8,12H,3,5-6H2. The van der Waals surface area contributed by atoms with Crippen LogP contribution >= 0.6 is 11.8 Å². The van der Waals surface area contributed by atoms with Crippen molar-refractivity contribution in [2.45, 2.75) is 6.04 Å². The van der Waals surface area contributed by atoms with E-state index in [9.17, 15) is 4.39 Å². The summed E-state index contributed by atoms with van der Waals surface area (Å²) in [7, 11) is 0. The summed E-state index contributed by atoms with van der Waals surface area (Å²) in [6.07, 6.45) is 1.80. The summed E-state index contributed by atoms with van der Waals surface area (Å²) < 4.78 is 15.1. The maximum Gasteiger partial charge on any atom is 0.196 e. The van der Waals surface area contributed by atoms with E-state index in [1.807, 2.05) is 11.8 Å². The van der Waals surface area contributed by atoms with Crippen molar-refractivity contribution >= 4 is 17.4 Å². The van der Waals surface area contributed by atoms with Gasteiger partial charge in [-0.25, -0.2) is 4.39 Å². The van der Waals surface area contributed by atoms with Crippen LogP contribution in [0.5, 0.6) is 0 Å². The summed E-state index contributed by atoms with van der Waals surface area (Å²) >= 11 is 1.88. The fraction of sp³-hybridized carbons (Fsp3) is 0.400. The number of hydrogen-bond donors (Lipinski definition) is 1. The molecule has 1 aliphatic heterocycles. The van der Waals surface area contributed by atoms with Crippen LogP contribution < -0.4 is 5.32 Å². The summed E-state index contributed by atoms with van der Waals surface area (Å²) in [5.74, 6) is 2.53. The van der Waals surface area contributed by atoms with Gasteiger partial charge in [0.05, 0.1) is 6.04 Å². The molecule has 2 aromatic rings. The van der Waals surface area contributed by atoms with Crippen molar-refractivity contribution in [1.29, 1.82) is 0 Å². The maximum atomic E-state index is 13.4. The van der Waals surface area contributed by atoms with Gasteiger partial charge in [0.1, 0.15) is 0 Å². The minimum absolute atomic E-state index is 0.163. The van der Waals surface area contributed by atoms with Crippen LogP contribution in [-0.2, 0) is 0 Å². The third kappa shape index (κ3) is 1.58. The Morgan fingerprint density at radius 1 is 1.50 bits per heavy atom. The summed E-state index contributed by atoms with van der Waals surface area (Å²) in [4.78, 5) is 0. The Bertz CT molecular complexity index is 506. The first-order valence-corrected chi connectivity index (χ1v) is 6.32. The van der Waals surface area contributed by atoms with Gasteiger partial charge in [-0.2, -0.15) is 11.8 Å². The lowest BCUT2D eigenvalue weighted by molar-refractivity contribution is 0.558. The van der Waals surface area contributed by atoms with Gasteiger partial charge in [-0.1, -0.05) is 0 Å². The Kier molecular flexibility index (Phi) is 2.53. The monoisotopic (exact) mass is 238 g/mol. The van der Waals surface area contributed by atoms with Gasteiger partial charge < -0.3 is 5.32 Å². The number of aromatic nitrogens is 3. The fourth-order valence-corrected chi connectivity index (χ4v) is 2.80. The SMILES string of the molecule is Fc1cccn2c(C3CSCCN3)nnc12. The van der Waals surface area contributed by atoms with Crippen LogP contribution in [0.2, 0.25) is 0 Å². The minimum Gasteiger partial charge on any atom is -0.306 e. The van der Waals surface area contributed by atoms with Crippen LogP contribution in [0.1, 0.15) is 11.9 Å². The van der Waals surface area contributed by atoms with E-state index in [-0.39, 0.29) is 11.9 Å². The van der Waals surface area contributed by atoms with E-state index in [0.29, 0.717) is 5.65 Å². The number of rotatable bonds is 1. The van der Waals surface area contributed by atoms with Crippen molar-refractivity contribution in [3.63, 3.8) is 0 Å². The topological polar surface area (TPSA) is 42.2 Å². The first kappa shape index (κ1) is 10.0. The van der Waals surface area contributed by atoms with Gasteiger partial charge in [-0.3, -0.25) is 4.40 Å². The fourth-order valence-electron chi connectivity index (χ4n) is 1.87. The van der Waals surface area contributed by atoms with Gasteiger partial charge in [-0.05, 0) is 12.1 Å². The van der Waals surface area contributed by atoms with Gasteiger partial charge in [-0.15, -0.1) is 10.2 Å². The Balaban J connectivity index is 2.06. The minimum atomic E-state index is -0.329. The highest BCUT2D eigenvalue weighted by molar-refractivity contribution is 7.99. The number of halogens is 1. The van der Waals surface area contributed by atoms with Crippen molar-refractivity contribution < 1.29 is 4.39 Å². The van der Waals surface area contributed by atoms with Crippen molar-refractivity contribution in [2.24, 2.45) is 0 Å². The zero-order valence-corrected chi connectivity index (χ0v) is 9.38. The first-order valence-electron chi connectivity index (χ1n) is 5.16. The third-order valence-electron chi connectivity index (χ3n) is 2.65. The van der Waals surface area contributed by atoms with E-state index in [1.54, 1.807) is 16.7 Å². The van der Waals surface area contributed by atoms with Gasteiger partial charge in [0.25, 0.3) is 0 Å². The normalized spacial score (nSPS) is 21.4. The van der Waals surface area contributed by atoms with Crippen LogP contribution in [0, 0.1) is 5.82 Å². The predicted octanol–water partition coefficient (Wildman–Crippen LogP) is 1.25. The number of nitrogens with zero attached hydrogens (tertiary/aromatic N) is 3. The van der Waals surface area contributed by atoms with Crippen molar-refractivity contribution in [3.8, 4) is 0 Å². The molecule has 0 saturated carbocycles. The average Bonchev–Trinajstić information content (AvgIpc) is 2.75. The number of fused-ring (bicyclic) bond motifs is 1. The molecule has 1 saturated heterocycles. The molecule has 1 unspecified atom stereocenters. The summed E-state index contributed by atoms with van der Waals surface area (Å²) in [6, 6.07) is 3.23. The first-order chi connectivity index (χ1) is 7.86. The molecular weight excluding hydrogens is 227 g/mol. The van der Waals surface area contributed by atoms with E-state index in [1.165, 1.54) is 6.07 Å². The second kappa shape index (κ2) is 4.03. The molecule has 0 radical (unpaired) electrons. The predicted molar refractivity (Wildman–Crippen MR) is 61.0 cm³/mol. The molecule has 2 aromatic heterocycles. The zero-order valence-electron chi connectivity index (χ0n) is 8.56. The van der Waals surface area contributed by atoms with Gasteiger partial charge in [0.15, 0.2) is 17.3 Å². The second-order valence-electron chi connectivity index (χ2n) is 3.69. The van der Waals surface area contributed by atoms with Gasteiger partial charge in [0, 0.05) is 24.2 Å². The summed E-state index contributed by atoms with van der Waals surface area (Å²) in [6.45, 7) is 0.958. The molecule has 1 atom stereocenters. The highest BCUT2D eigenvalue weighted by Gasteiger charge is 2.21. The molecule has 1 fully saturated rings. The van der Waals surface area contributed by atoms with Gasteiger partial charge >= 0.3 is 0 Å². The molecule has 6 heteroatoms. The molecule has 1 aliphatic rings. The second-order valence-corrected chi connectivity index (χ2v) is 4.84. The number of nitrogens with one attached hydrogen (secondary N) is 1. The highest BCUT2D eigenvalue weighted by atomic mass is 32.2. The zero-order chi connectivity index (χ0) is 11.0. The van der Waals surface area contributed by atoms with Crippen molar-refractivity contribution in [3.05, 3.63) is 30.0 Å². The number of hydrogen-bond acceptors (Lipinski definition) is 4. The molecule has 0 bridgehead atoms. The van der Waals surface area contributed by atoms with Crippen LogP contribution in [0.15, 0.2) is 18.3 Å². The van der Waals surface area contributed by atoms with Crippen LogP contribution in [0.3, 0.4) is 0 Å². The maximum absolute atomic E-state index is 13.4. The quantitative estimate of drug-likeness (QED) is 0.812. The van der Waals surface area contributed by atoms with Crippen molar-refractivity contribution in [1.82, 2.24) is 19.9 Å². The summed E-state index contributed by atoms with van der Waals surface area (Å²) in [5.41, 5.74) is 0.301. The van der Waals surface area contributed by atoms with Crippen LogP contribution in [0.25, 0.3) is 5.65 Å². The molecule has 84 valence electrons. The average molecular weight is 238 g/mol. The molecule has 0 aliphatic carbocycles. The molecule has 1 N–H and O–H groups in total. The Labute approximate surface area is 96.2 Å². The number of thioether (sulfide) groups is 1. The third-order valence-corrected chi connectivity index (χ3v) is 3.71. The smallest absolute Gasteiger partial charge is 0.196 e. The Hall–Kier alpha value is -1.14. The van der Waals surface area contributed by atoms with E-state index in [2.05, 4.69) is 15.5 Å². The van der Waals surface area contributed by atoms with E-state index < -0.39 is 0 Å². The lowest BCUT2D eigenvalue weighted by Gasteiger charge is -2.21. The molecule has 0 aromatic carbocycles. The Morgan fingerprint density at radius 2 is 2.44 bits per heavy atom. The molecule has 16 heavy (non-hydrogen) atoms. The van der Waals surface area contributed by atoms with Crippen molar-refractivity contribution in [2.75, 3.05) is 18.1 Å². The lowest BCUT2D eigenvalue weighted by atomic mass is 10.3. The molecule has 0 amide bonds. The number of pyridine rings is 1. The van der Waals surface area contributed by atoms with E-state index in [4.69, 9.17) is 0 Å². The van der Waals surface area contributed by atoms with Gasteiger partial charge in [0.2, 0.25) is 0 Å². The van der Waals surface area contributed by atoms with E-state index in [0.717, 1.165) is 23.9 Å².